The van der Waals surface area contributed by atoms with Crippen molar-refractivity contribution in [2.24, 2.45) is 0 Å². The average Bonchev–Trinajstić information content (AvgIpc) is 3.11. The summed E-state index contributed by atoms with van der Waals surface area (Å²) in [4.78, 5) is 28.3. The van der Waals surface area contributed by atoms with Crippen LogP contribution in [0.3, 0.4) is 0 Å². The van der Waals surface area contributed by atoms with Crippen molar-refractivity contribution in [3.63, 3.8) is 0 Å². The molecule has 1 amide bonds. The molecule has 0 unspecified atom stereocenters. The van der Waals surface area contributed by atoms with E-state index in [2.05, 4.69) is 10.3 Å². The number of pyridine rings is 1. The normalized spacial score (nSPS) is 10.4. The summed E-state index contributed by atoms with van der Waals surface area (Å²) < 4.78 is 11.9. The standard InChI is InChI=1S/C18H17N3O4S/c1-24-12-6-7-15(25-2)13(9-12)14-11-26-18(19-14)20-16(22)10-21-8-4-3-5-17(21)23/h3-9,11H,10H2,1-2H3,(H,19,20,22). The van der Waals surface area contributed by atoms with E-state index in [1.54, 1.807) is 44.7 Å². The molecule has 3 rings (SSSR count). The summed E-state index contributed by atoms with van der Waals surface area (Å²) in [6.45, 7) is -0.0724. The van der Waals surface area contributed by atoms with Crippen molar-refractivity contribution < 1.29 is 14.3 Å². The highest BCUT2D eigenvalue weighted by atomic mass is 32.1. The Kier molecular flexibility index (Phi) is 5.33. The van der Waals surface area contributed by atoms with Gasteiger partial charge in [-0.15, -0.1) is 11.3 Å². The maximum absolute atomic E-state index is 12.2. The number of amides is 1. The van der Waals surface area contributed by atoms with Gasteiger partial charge < -0.3 is 19.4 Å². The third-order valence-electron chi connectivity index (χ3n) is 3.65. The summed E-state index contributed by atoms with van der Waals surface area (Å²) in [6, 6.07) is 10.2. The number of nitrogens with zero attached hydrogens (tertiary/aromatic N) is 2. The molecule has 2 heterocycles. The number of ether oxygens (including phenoxy) is 2. The van der Waals surface area contributed by atoms with Gasteiger partial charge in [0.05, 0.1) is 19.9 Å². The summed E-state index contributed by atoms with van der Waals surface area (Å²) in [5, 5.41) is 4.97. The Morgan fingerprint density at radius 2 is 2.08 bits per heavy atom. The van der Waals surface area contributed by atoms with Gasteiger partial charge in [-0.3, -0.25) is 9.59 Å². The number of carbonyl (C=O) groups is 1. The average molecular weight is 371 g/mol. The molecule has 0 aliphatic rings. The van der Waals surface area contributed by atoms with E-state index in [0.717, 1.165) is 5.56 Å². The molecule has 1 N–H and O–H groups in total. The van der Waals surface area contributed by atoms with Crippen LogP contribution in [0.2, 0.25) is 0 Å². The number of rotatable bonds is 6. The zero-order valence-corrected chi connectivity index (χ0v) is 15.1. The number of benzene rings is 1. The Balaban J connectivity index is 1.77. The van der Waals surface area contributed by atoms with Crippen LogP contribution in [0.4, 0.5) is 5.13 Å². The highest BCUT2D eigenvalue weighted by Crippen LogP contribution is 2.34. The van der Waals surface area contributed by atoms with Gasteiger partial charge in [-0.05, 0) is 24.3 Å². The highest BCUT2D eigenvalue weighted by molar-refractivity contribution is 7.14. The van der Waals surface area contributed by atoms with Crippen LogP contribution in [0.1, 0.15) is 0 Å². The van der Waals surface area contributed by atoms with Gasteiger partial charge in [0, 0.05) is 23.2 Å². The predicted octanol–water partition coefficient (Wildman–Crippen LogP) is 2.63. The van der Waals surface area contributed by atoms with Gasteiger partial charge in [-0.25, -0.2) is 4.98 Å². The van der Waals surface area contributed by atoms with Crippen LogP contribution >= 0.6 is 11.3 Å². The van der Waals surface area contributed by atoms with Crippen LogP contribution in [0.25, 0.3) is 11.3 Å². The number of thiazole rings is 1. The van der Waals surface area contributed by atoms with E-state index < -0.39 is 0 Å². The molecule has 1 aromatic carbocycles. The van der Waals surface area contributed by atoms with Crippen LogP contribution in [-0.2, 0) is 11.3 Å². The second kappa shape index (κ2) is 7.83. The van der Waals surface area contributed by atoms with Crippen LogP contribution in [0.15, 0.2) is 52.8 Å². The Labute approximate surface area is 153 Å². The fourth-order valence-corrected chi connectivity index (χ4v) is 3.10. The van der Waals surface area contributed by atoms with Crippen molar-refractivity contribution in [2.75, 3.05) is 19.5 Å². The Morgan fingerprint density at radius 1 is 1.23 bits per heavy atom. The molecule has 0 saturated carbocycles. The smallest absolute Gasteiger partial charge is 0.250 e. The van der Waals surface area contributed by atoms with E-state index in [4.69, 9.17) is 9.47 Å². The van der Waals surface area contributed by atoms with E-state index in [1.807, 2.05) is 11.4 Å². The van der Waals surface area contributed by atoms with Crippen molar-refractivity contribution in [1.29, 1.82) is 0 Å². The van der Waals surface area contributed by atoms with Gasteiger partial charge >= 0.3 is 0 Å². The maximum atomic E-state index is 12.2. The van der Waals surface area contributed by atoms with Gasteiger partial charge in [-0.1, -0.05) is 6.07 Å². The predicted molar refractivity (Wildman–Crippen MR) is 100.0 cm³/mol. The quantitative estimate of drug-likeness (QED) is 0.720. The molecule has 0 fully saturated rings. The minimum atomic E-state index is -0.322. The molecule has 0 radical (unpaired) electrons. The van der Waals surface area contributed by atoms with Gasteiger partial charge in [0.25, 0.3) is 5.56 Å². The molecular weight excluding hydrogens is 354 g/mol. The first-order valence-electron chi connectivity index (χ1n) is 7.74. The molecule has 134 valence electrons. The second-order valence-corrected chi connectivity index (χ2v) is 6.18. The Bertz CT molecular complexity index is 980. The van der Waals surface area contributed by atoms with Crippen LogP contribution < -0.4 is 20.3 Å². The number of anilines is 1. The second-order valence-electron chi connectivity index (χ2n) is 5.32. The minimum absolute atomic E-state index is 0.0724. The monoisotopic (exact) mass is 371 g/mol. The van der Waals surface area contributed by atoms with E-state index in [1.165, 1.54) is 22.0 Å². The Morgan fingerprint density at radius 3 is 2.81 bits per heavy atom. The van der Waals surface area contributed by atoms with Crippen molar-refractivity contribution in [3.8, 4) is 22.8 Å². The molecule has 0 saturated heterocycles. The van der Waals surface area contributed by atoms with Crippen LogP contribution in [-0.4, -0.2) is 29.7 Å². The molecule has 0 atom stereocenters. The summed E-state index contributed by atoms with van der Waals surface area (Å²) >= 11 is 1.29. The van der Waals surface area contributed by atoms with Gasteiger partial charge in [0.15, 0.2) is 5.13 Å². The number of hydrogen-bond acceptors (Lipinski definition) is 6. The molecular formula is C18H17N3O4S. The largest absolute Gasteiger partial charge is 0.497 e. The molecule has 0 bridgehead atoms. The fraction of sp³-hybridized carbons (Fsp3) is 0.167. The summed E-state index contributed by atoms with van der Waals surface area (Å²) in [5.74, 6) is 1.02. The lowest BCUT2D eigenvalue weighted by Crippen LogP contribution is -2.26. The lowest BCUT2D eigenvalue weighted by atomic mass is 10.1. The molecule has 0 aliphatic heterocycles. The Hall–Kier alpha value is -3.13. The molecule has 26 heavy (non-hydrogen) atoms. The van der Waals surface area contributed by atoms with Gasteiger partial charge in [0.2, 0.25) is 5.91 Å². The van der Waals surface area contributed by atoms with E-state index in [0.29, 0.717) is 22.3 Å². The van der Waals surface area contributed by atoms with Crippen molar-refractivity contribution >= 4 is 22.4 Å². The first-order chi connectivity index (χ1) is 12.6. The highest BCUT2D eigenvalue weighted by Gasteiger charge is 2.13. The topological polar surface area (TPSA) is 82.5 Å². The first kappa shape index (κ1) is 17.7. The molecule has 0 spiro atoms. The molecule has 8 heteroatoms. The summed E-state index contributed by atoms with van der Waals surface area (Å²) in [6.07, 6.45) is 1.57. The van der Waals surface area contributed by atoms with Crippen LogP contribution in [0, 0.1) is 0 Å². The third-order valence-corrected chi connectivity index (χ3v) is 4.40. The van der Waals surface area contributed by atoms with E-state index in [9.17, 15) is 9.59 Å². The lowest BCUT2D eigenvalue weighted by Gasteiger charge is -2.08. The van der Waals surface area contributed by atoms with Crippen molar-refractivity contribution in [3.05, 3.63) is 58.3 Å². The van der Waals surface area contributed by atoms with E-state index >= 15 is 0 Å². The third kappa shape index (κ3) is 3.92. The zero-order valence-electron chi connectivity index (χ0n) is 14.3. The zero-order chi connectivity index (χ0) is 18.5. The van der Waals surface area contributed by atoms with Crippen molar-refractivity contribution in [1.82, 2.24) is 9.55 Å². The summed E-state index contributed by atoms with van der Waals surface area (Å²) in [5.41, 5.74) is 1.20. The van der Waals surface area contributed by atoms with Crippen LogP contribution in [0.5, 0.6) is 11.5 Å². The maximum Gasteiger partial charge on any atom is 0.250 e. The van der Waals surface area contributed by atoms with Gasteiger partial charge in [-0.2, -0.15) is 0 Å². The van der Waals surface area contributed by atoms with E-state index in [-0.39, 0.29) is 18.0 Å². The molecule has 7 nitrogen and oxygen atoms in total. The van der Waals surface area contributed by atoms with Crippen molar-refractivity contribution in [2.45, 2.75) is 6.54 Å². The minimum Gasteiger partial charge on any atom is -0.497 e. The number of methoxy groups -OCH3 is 2. The first-order valence-corrected chi connectivity index (χ1v) is 8.62. The fourth-order valence-electron chi connectivity index (χ4n) is 2.37. The summed E-state index contributed by atoms with van der Waals surface area (Å²) in [7, 11) is 3.17. The number of carbonyl (C=O) groups excluding carboxylic acids is 1. The molecule has 3 aromatic rings. The molecule has 0 aliphatic carbocycles. The number of nitrogens with one attached hydrogen (secondary N) is 1. The number of hydrogen-bond donors (Lipinski definition) is 1. The van der Waals surface area contributed by atoms with Gasteiger partial charge in [0.1, 0.15) is 18.0 Å². The number of aromatic nitrogens is 2. The lowest BCUT2D eigenvalue weighted by molar-refractivity contribution is -0.116. The SMILES string of the molecule is COc1ccc(OC)c(-c2csc(NC(=O)Cn3ccccc3=O)n2)c1. The molecule has 2 aromatic heterocycles.